The minimum absolute atomic E-state index is 0.0841. The molecule has 0 atom stereocenters. The molecule has 2 N–H and O–H groups in total. The van der Waals surface area contributed by atoms with Crippen LogP contribution in [-0.4, -0.2) is 22.9 Å². The van der Waals surface area contributed by atoms with Crippen molar-refractivity contribution in [2.45, 2.75) is 0 Å². The molecule has 1 amide bonds. The van der Waals surface area contributed by atoms with Gasteiger partial charge in [-0.05, 0) is 34.1 Å². The van der Waals surface area contributed by atoms with Gasteiger partial charge in [-0.25, -0.2) is 0 Å². The van der Waals surface area contributed by atoms with Crippen LogP contribution in [0.2, 0.25) is 0 Å². The van der Waals surface area contributed by atoms with E-state index in [9.17, 15) is 14.9 Å². The Balaban J connectivity index is 2.28. The number of nitro groups is 1. The van der Waals surface area contributed by atoms with Crippen molar-refractivity contribution in [2.24, 2.45) is 0 Å². The Morgan fingerprint density at radius 3 is 2.71 bits per heavy atom. The highest BCUT2D eigenvalue weighted by atomic mass is 79.9. The average molecular weight is 351 g/mol. The first-order valence-electron chi connectivity index (χ1n) is 5.90. The van der Waals surface area contributed by atoms with Crippen LogP contribution in [0.5, 0.6) is 0 Å². The fourth-order valence-corrected chi connectivity index (χ4v) is 2.06. The summed E-state index contributed by atoms with van der Waals surface area (Å²) < 4.78 is 0.647. The zero-order chi connectivity index (χ0) is 15.4. The normalized spacial score (nSPS) is 10.0. The zero-order valence-corrected chi connectivity index (χ0v) is 12.5. The third-order valence-electron chi connectivity index (χ3n) is 2.75. The molecule has 0 aliphatic heterocycles. The number of rotatable bonds is 4. The van der Waals surface area contributed by atoms with Crippen LogP contribution in [0.15, 0.2) is 41.1 Å². The molecule has 108 valence electrons. The molecular weight excluding hydrogens is 340 g/mol. The molecule has 21 heavy (non-hydrogen) atoms. The number of carbonyl (C=O) groups is 1. The van der Waals surface area contributed by atoms with Crippen molar-refractivity contribution in [3.8, 4) is 0 Å². The molecule has 0 aliphatic carbocycles. The number of anilines is 2. The Morgan fingerprint density at radius 1 is 1.33 bits per heavy atom. The highest BCUT2D eigenvalue weighted by Gasteiger charge is 2.16. The molecule has 1 aromatic carbocycles. The van der Waals surface area contributed by atoms with E-state index in [1.54, 1.807) is 25.5 Å². The smallest absolute Gasteiger partial charge is 0.292 e. The number of halogens is 1. The van der Waals surface area contributed by atoms with Crippen molar-refractivity contribution >= 4 is 38.9 Å². The van der Waals surface area contributed by atoms with Gasteiger partial charge in [0.15, 0.2) is 0 Å². The molecule has 7 nitrogen and oxygen atoms in total. The van der Waals surface area contributed by atoms with Crippen LogP contribution < -0.4 is 10.6 Å². The highest BCUT2D eigenvalue weighted by molar-refractivity contribution is 9.10. The fraction of sp³-hybridized carbons (Fsp3) is 0.0769. The number of nitrogens with zero attached hydrogens (tertiary/aromatic N) is 2. The van der Waals surface area contributed by atoms with Gasteiger partial charge in [0.1, 0.15) is 5.69 Å². The van der Waals surface area contributed by atoms with Gasteiger partial charge in [0.25, 0.3) is 11.6 Å². The van der Waals surface area contributed by atoms with E-state index in [0.29, 0.717) is 15.7 Å². The van der Waals surface area contributed by atoms with Gasteiger partial charge >= 0.3 is 0 Å². The molecule has 1 heterocycles. The first-order chi connectivity index (χ1) is 10.0. The number of nitro benzene ring substituents is 1. The average Bonchev–Trinajstić information content (AvgIpc) is 2.48. The SMILES string of the molecule is CNc1cc(C(=O)Nc2ccncc2Br)ccc1[N+](=O)[O-]. The Labute approximate surface area is 128 Å². The van der Waals surface area contributed by atoms with Gasteiger partial charge < -0.3 is 10.6 Å². The number of carbonyl (C=O) groups excluding carboxylic acids is 1. The van der Waals surface area contributed by atoms with E-state index in [1.165, 1.54) is 18.2 Å². The van der Waals surface area contributed by atoms with Crippen molar-refractivity contribution in [1.29, 1.82) is 0 Å². The van der Waals surface area contributed by atoms with Crippen LogP contribution in [0.4, 0.5) is 17.1 Å². The van der Waals surface area contributed by atoms with E-state index in [0.717, 1.165) is 0 Å². The number of hydrogen-bond acceptors (Lipinski definition) is 5. The number of aromatic nitrogens is 1. The quantitative estimate of drug-likeness (QED) is 0.652. The highest BCUT2D eigenvalue weighted by Crippen LogP contribution is 2.26. The van der Waals surface area contributed by atoms with Gasteiger partial charge in [-0.15, -0.1) is 0 Å². The zero-order valence-electron chi connectivity index (χ0n) is 11.0. The number of benzene rings is 1. The molecule has 0 aliphatic rings. The van der Waals surface area contributed by atoms with Gasteiger partial charge in [0.05, 0.1) is 15.1 Å². The lowest BCUT2D eigenvalue weighted by Gasteiger charge is -2.08. The van der Waals surface area contributed by atoms with Crippen LogP contribution in [0, 0.1) is 10.1 Å². The van der Waals surface area contributed by atoms with Crippen LogP contribution >= 0.6 is 15.9 Å². The van der Waals surface area contributed by atoms with E-state index in [1.807, 2.05) is 0 Å². The number of amides is 1. The van der Waals surface area contributed by atoms with Gasteiger partial charge in [-0.1, -0.05) is 0 Å². The Kier molecular flexibility index (Phi) is 4.49. The van der Waals surface area contributed by atoms with E-state index in [4.69, 9.17) is 0 Å². The summed E-state index contributed by atoms with van der Waals surface area (Å²) in [5.41, 5.74) is 1.08. The predicted octanol–water partition coefficient (Wildman–Crippen LogP) is 3.05. The van der Waals surface area contributed by atoms with Crippen molar-refractivity contribution in [3.05, 3.63) is 56.8 Å². The molecule has 1 aromatic heterocycles. The summed E-state index contributed by atoms with van der Waals surface area (Å²) in [6.45, 7) is 0. The molecule has 0 radical (unpaired) electrons. The Hall–Kier alpha value is -2.48. The van der Waals surface area contributed by atoms with Crippen LogP contribution in [0.25, 0.3) is 0 Å². The third-order valence-corrected chi connectivity index (χ3v) is 3.38. The molecule has 2 aromatic rings. The van der Waals surface area contributed by atoms with Crippen LogP contribution in [0.3, 0.4) is 0 Å². The Bertz CT molecular complexity index is 706. The molecule has 0 unspecified atom stereocenters. The van der Waals surface area contributed by atoms with E-state index in [2.05, 4.69) is 31.5 Å². The number of hydrogen-bond donors (Lipinski definition) is 2. The summed E-state index contributed by atoms with van der Waals surface area (Å²) >= 11 is 3.28. The summed E-state index contributed by atoms with van der Waals surface area (Å²) in [5.74, 6) is -0.367. The fourth-order valence-electron chi connectivity index (χ4n) is 1.71. The molecule has 0 bridgehead atoms. The molecule has 8 heteroatoms. The molecule has 0 saturated heterocycles. The molecule has 0 fully saturated rings. The van der Waals surface area contributed by atoms with Crippen LogP contribution in [0.1, 0.15) is 10.4 Å². The first-order valence-corrected chi connectivity index (χ1v) is 6.69. The minimum Gasteiger partial charge on any atom is -0.383 e. The summed E-state index contributed by atoms with van der Waals surface area (Å²) in [4.78, 5) is 26.4. The number of pyridine rings is 1. The third kappa shape index (κ3) is 3.34. The predicted molar refractivity (Wildman–Crippen MR) is 82.5 cm³/mol. The lowest BCUT2D eigenvalue weighted by atomic mass is 10.1. The maximum absolute atomic E-state index is 12.2. The molecular formula is C13H11BrN4O3. The molecule has 0 spiro atoms. The van der Waals surface area contributed by atoms with Crippen molar-refractivity contribution in [2.75, 3.05) is 17.7 Å². The summed E-state index contributed by atoms with van der Waals surface area (Å²) in [7, 11) is 1.56. The van der Waals surface area contributed by atoms with Crippen LogP contribution in [-0.2, 0) is 0 Å². The lowest BCUT2D eigenvalue weighted by Crippen LogP contribution is -2.13. The minimum atomic E-state index is -0.507. The topological polar surface area (TPSA) is 97.2 Å². The summed E-state index contributed by atoms with van der Waals surface area (Å²) in [6.07, 6.45) is 3.11. The van der Waals surface area contributed by atoms with Crippen molar-refractivity contribution in [3.63, 3.8) is 0 Å². The van der Waals surface area contributed by atoms with Crippen molar-refractivity contribution < 1.29 is 9.72 Å². The van der Waals surface area contributed by atoms with Gasteiger partial charge in [0.2, 0.25) is 0 Å². The number of nitrogens with one attached hydrogen (secondary N) is 2. The largest absolute Gasteiger partial charge is 0.383 e. The monoisotopic (exact) mass is 350 g/mol. The lowest BCUT2D eigenvalue weighted by molar-refractivity contribution is -0.383. The first kappa shape index (κ1) is 14.9. The maximum Gasteiger partial charge on any atom is 0.292 e. The summed E-state index contributed by atoms with van der Waals surface area (Å²) in [6, 6.07) is 5.78. The summed E-state index contributed by atoms with van der Waals surface area (Å²) in [5, 5.41) is 16.3. The standard InChI is InChI=1S/C13H11BrN4O3/c1-15-11-6-8(2-3-12(11)18(20)21)13(19)17-10-4-5-16-7-9(10)14/h2-7,15H,1H3,(H,16,17,19). The van der Waals surface area contributed by atoms with Gasteiger partial charge in [-0.3, -0.25) is 19.9 Å². The maximum atomic E-state index is 12.2. The second-order valence-electron chi connectivity index (χ2n) is 4.05. The van der Waals surface area contributed by atoms with Crippen molar-refractivity contribution in [1.82, 2.24) is 4.98 Å². The van der Waals surface area contributed by atoms with E-state index in [-0.39, 0.29) is 17.3 Å². The van der Waals surface area contributed by atoms with E-state index >= 15 is 0 Å². The Morgan fingerprint density at radius 2 is 2.10 bits per heavy atom. The second-order valence-corrected chi connectivity index (χ2v) is 4.90. The van der Waals surface area contributed by atoms with E-state index < -0.39 is 4.92 Å². The van der Waals surface area contributed by atoms with Gasteiger partial charge in [-0.2, -0.15) is 0 Å². The second kappa shape index (κ2) is 6.31. The molecule has 2 rings (SSSR count). The van der Waals surface area contributed by atoms with Gasteiger partial charge in [0, 0.05) is 31.1 Å². The molecule has 0 saturated carbocycles.